The SMILES string of the molecule is CCN1N=C(C(=O)N2CCCC(c3cc(C)[nH]n3)C2)CCC1=O. The van der Waals surface area contributed by atoms with Crippen LogP contribution in [-0.2, 0) is 9.59 Å². The predicted molar refractivity (Wildman–Crippen MR) is 85.9 cm³/mol. The third-order valence-electron chi connectivity index (χ3n) is 4.50. The molecule has 0 spiro atoms. The molecule has 2 aliphatic heterocycles. The van der Waals surface area contributed by atoms with Crippen molar-refractivity contribution in [2.75, 3.05) is 19.6 Å². The number of aromatic nitrogens is 2. The molecule has 1 fully saturated rings. The first kappa shape index (κ1) is 15.7. The molecule has 2 amide bonds. The fourth-order valence-electron chi connectivity index (χ4n) is 3.24. The van der Waals surface area contributed by atoms with Crippen LogP contribution in [0.3, 0.4) is 0 Å². The Morgan fingerprint density at radius 2 is 2.26 bits per heavy atom. The Labute approximate surface area is 135 Å². The summed E-state index contributed by atoms with van der Waals surface area (Å²) in [5, 5.41) is 12.9. The highest BCUT2D eigenvalue weighted by Crippen LogP contribution is 2.26. The van der Waals surface area contributed by atoms with Gasteiger partial charge < -0.3 is 4.90 Å². The Morgan fingerprint density at radius 3 is 2.96 bits per heavy atom. The molecule has 3 rings (SSSR count). The average Bonchev–Trinajstić information content (AvgIpc) is 3.01. The average molecular weight is 317 g/mol. The van der Waals surface area contributed by atoms with Crippen molar-refractivity contribution in [3.63, 3.8) is 0 Å². The van der Waals surface area contributed by atoms with Gasteiger partial charge in [-0.3, -0.25) is 14.7 Å². The smallest absolute Gasteiger partial charge is 0.270 e. The van der Waals surface area contributed by atoms with Crippen LogP contribution in [0.25, 0.3) is 0 Å². The second kappa shape index (κ2) is 6.52. The van der Waals surface area contributed by atoms with Crippen LogP contribution in [0.15, 0.2) is 11.2 Å². The highest BCUT2D eigenvalue weighted by molar-refractivity contribution is 6.39. The van der Waals surface area contributed by atoms with Crippen molar-refractivity contribution in [3.05, 3.63) is 17.5 Å². The first-order valence-corrected chi connectivity index (χ1v) is 8.27. The van der Waals surface area contributed by atoms with Gasteiger partial charge in [-0.2, -0.15) is 10.2 Å². The normalized spacial score (nSPS) is 22.3. The van der Waals surface area contributed by atoms with Crippen molar-refractivity contribution in [1.29, 1.82) is 0 Å². The second-order valence-electron chi connectivity index (χ2n) is 6.22. The Bertz CT molecular complexity index is 636. The minimum Gasteiger partial charge on any atom is -0.337 e. The van der Waals surface area contributed by atoms with Crippen molar-refractivity contribution in [1.82, 2.24) is 20.1 Å². The number of carbonyl (C=O) groups excluding carboxylic acids is 2. The molecule has 3 heterocycles. The van der Waals surface area contributed by atoms with Gasteiger partial charge in [0.2, 0.25) is 5.91 Å². The quantitative estimate of drug-likeness (QED) is 0.915. The minimum absolute atomic E-state index is 0.00688. The molecule has 0 radical (unpaired) electrons. The Kier molecular flexibility index (Phi) is 4.45. The van der Waals surface area contributed by atoms with E-state index in [1.165, 1.54) is 5.01 Å². The Balaban J connectivity index is 1.71. The van der Waals surface area contributed by atoms with Crippen molar-refractivity contribution in [3.8, 4) is 0 Å². The number of carbonyl (C=O) groups is 2. The number of aromatic amines is 1. The number of piperidine rings is 1. The van der Waals surface area contributed by atoms with Crippen LogP contribution in [0.5, 0.6) is 0 Å². The van der Waals surface area contributed by atoms with Gasteiger partial charge in [-0.15, -0.1) is 0 Å². The summed E-state index contributed by atoms with van der Waals surface area (Å²) in [6.07, 6.45) is 2.82. The number of nitrogens with zero attached hydrogens (tertiary/aromatic N) is 4. The molecule has 0 saturated carbocycles. The Morgan fingerprint density at radius 1 is 1.43 bits per heavy atom. The van der Waals surface area contributed by atoms with Crippen LogP contribution < -0.4 is 0 Å². The fourth-order valence-corrected chi connectivity index (χ4v) is 3.24. The highest BCUT2D eigenvalue weighted by Gasteiger charge is 2.31. The van der Waals surface area contributed by atoms with E-state index in [2.05, 4.69) is 15.3 Å². The van der Waals surface area contributed by atoms with E-state index in [1.54, 1.807) is 0 Å². The van der Waals surface area contributed by atoms with Crippen LogP contribution >= 0.6 is 0 Å². The van der Waals surface area contributed by atoms with Crippen molar-refractivity contribution < 1.29 is 9.59 Å². The third-order valence-corrected chi connectivity index (χ3v) is 4.50. The summed E-state index contributed by atoms with van der Waals surface area (Å²) >= 11 is 0. The molecule has 124 valence electrons. The van der Waals surface area contributed by atoms with Gasteiger partial charge in [0, 0.05) is 44.1 Å². The summed E-state index contributed by atoms with van der Waals surface area (Å²) < 4.78 is 0. The van der Waals surface area contributed by atoms with E-state index in [0.717, 1.165) is 30.8 Å². The standard InChI is InChI=1S/C16H23N5O2/c1-3-21-15(22)7-6-13(19-21)16(23)20-8-4-5-12(10-20)14-9-11(2)17-18-14/h9,12H,3-8,10H2,1-2H3,(H,17,18). The number of H-pyrrole nitrogens is 1. The maximum atomic E-state index is 12.7. The number of nitrogens with one attached hydrogen (secondary N) is 1. The molecular weight excluding hydrogens is 294 g/mol. The number of aryl methyl sites for hydroxylation is 1. The summed E-state index contributed by atoms with van der Waals surface area (Å²) in [6, 6.07) is 2.05. The molecule has 1 saturated heterocycles. The van der Waals surface area contributed by atoms with E-state index in [-0.39, 0.29) is 17.7 Å². The van der Waals surface area contributed by atoms with Gasteiger partial charge in [0.1, 0.15) is 5.71 Å². The van der Waals surface area contributed by atoms with E-state index in [4.69, 9.17) is 0 Å². The lowest BCUT2D eigenvalue weighted by Gasteiger charge is -2.33. The lowest BCUT2D eigenvalue weighted by Crippen LogP contribution is -2.45. The largest absolute Gasteiger partial charge is 0.337 e. The molecule has 0 aliphatic carbocycles. The topological polar surface area (TPSA) is 81.7 Å². The van der Waals surface area contributed by atoms with Gasteiger partial charge >= 0.3 is 0 Å². The fraction of sp³-hybridized carbons (Fsp3) is 0.625. The maximum absolute atomic E-state index is 12.7. The molecule has 7 nitrogen and oxygen atoms in total. The molecule has 1 aromatic heterocycles. The van der Waals surface area contributed by atoms with Crippen LogP contribution in [-0.4, -0.2) is 57.3 Å². The number of hydrazone groups is 1. The van der Waals surface area contributed by atoms with Gasteiger partial charge in [0.25, 0.3) is 5.91 Å². The molecule has 1 atom stereocenters. The highest BCUT2D eigenvalue weighted by atomic mass is 16.2. The molecule has 2 aliphatic rings. The molecule has 7 heteroatoms. The van der Waals surface area contributed by atoms with E-state index >= 15 is 0 Å². The van der Waals surface area contributed by atoms with Gasteiger partial charge in [-0.1, -0.05) is 0 Å². The van der Waals surface area contributed by atoms with Crippen molar-refractivity contribution in [2.45, 2.75) is 45.4 Å². The molecule has 0 aromatic carbocycles. The molecule has 1 N–H and O–H groups in total. The molecular formula is C16H23N5O2. The van der Waals surface area contributed by atoms with Gasteiger partial charge in [-0.25, -0.2) is 5.01 Å². The number of hydrogen-bond donors (Lipinski definition) is 1. The van der Waals surface area contributed by atoms with Gasteiger partial charge in [0.15, 0.2) is 0 Å². The summed E-state index contributed by atoms with van der Waals surface area (Å²) in [7, 11) is 0. The summed E-state index contributed by atoms with van der Waals surface area (Å²) in [6.45, 7) is 5.77. The lowest BCUT2D eigenvalue weighted by molar-refractivity contribution is -0.132. The molecule has 1 unspecified atom stereocenters. The zero-order valence-corrected chi connectivity index (χ0v) is 13.7. The second-order valence-corrected chi connectivity index (χ2v) is 6.22. The van der Waals surface area contributed by atoms with Crippen molar-refractivity contribution in [2.24, 2.45) is 5.10 Å². The van der Waals surface area contributed by atoms with Crippen LogP contribution in [0.2, 0.25) is 0 Å². The Hall–Kier alpha value is -2.18. The van der Waals surface area contributed by atoms with Crippen LogP contribution in [0.1, 0.15) is 49.9 Å². The van der Waals surface area contributed by atoms with E-state index in [9.17, 15) is 9.59 Å². The number of amides is 2. The van der Waals surface area contributed by atoms with E-state index < -0.39 is 0 Å². The number of hydrogen-bond acceptors (Lipinski definition) is 4. The summed E-state index contributed by atoms with van der Waals surface area (Å²) in [5.41, 5.74) is 2.57. The summed E-state index contributed by atoms with van der Waals surface area (Å²) in [5.74, 6) is 0.228. The lowest BCUT2D eigenvalue weighted by atomic mass is 9.94. The third kappa shape index (κ3) is 3.28. The van der Waals surface area contributed by atoms with E-state index in [0.29, 0.717) is 31.6 Å². The molecule has 1 aromatic rings. The maximum Gasteiger partial charge on any atom is 0.270 e. The van der Waals surface area contributed by atoms with Crippen molar-refractivity contribution >= 4 is 17.5 Å². The van der Waals surface area contributed by atoms with Crippen LogP contribution in [0.4, 0.5) is 0 Å². The van der Waals surface area contributed by atoms with Gasteiger partial charge in [0.05, 0.1) is 5.69 Å². The zero-order chi connectivity index (χ0) is 16.4. The monoisotopic (exact) mass is 317 g/mol. The van der Waals surface area contributed by atoms with Gasteiger partial charge in [-0.05, 0) is 32.8 Å². The van der Waals surface area contributed by atoms with E-state index in [1.807, 2.05) is 24.8 Å². The first-order valence-electron chi connectivity index (χ1n) is 8.27. The number of rotatable bonds is 3. The van der Waals surface area contributed by atoms with Crippen LogP contribution in [0, 0.1) is 6.92 Å². The molecule has 23 heavy (non-hydrogen) atoms. The minimum atomic E-state index is -0.0343. The first-order chi connectivity index (χ1) is 11.1. The number of likely N-dealkylation sites (tertiary alicyclic amines) is 1. The predicted octanol–water partition coefficient (Wildman–Crippen LogP) is 1.42. The summed E-state index contributed by atoms with van der Waals surface area (Å²) in [4.78, 5) is 26.3. The zero-order valence-electron chi connectivity index (χ0n) is 13.7. The molecule has 0 bridgehead atoms.